The largest absolute Gasteiger partial charge is 0.286 e. The van der Waals surface area contributed by atoms with Gasteiger partial charge in [-0.25, -0.2) is 5.43 Å². The Hall–Kier alpha value is -3.04. The minimum atomic E-state index is -0.353. The van der Waals surface area contributed by atoms with Crippen LogP contribution in [0.15, 0.2) is 53.8 Å². The van der Waals surface area contributed by atoms with Crippen LogP contribution in [0.2, 0.25) is 0 Å². The average molecular weight is 279 g/mol. The zero-order chi connectivity index (χ0) is 14.9. The van der Waals surface area contributed by atoms with Crippen molar-refractivity contribution in [1.82, 2.24) is 15.8 Å². The third-order valence-corrected chi connectivity index (χ3v) is 2.58. The molecule has 104 valence electrons. The number of nitriles is 1. The SMILES string of the molecule is N#Cc1ccc(N=CC(=O)NNCc2ccncc2)cc1. The van der Waals surface area contributed by atoms with E-state index in [0.29, 0.717) is 17.8 Å². The molecule has 0 aliphatic carbocycles. The fourth-order valence-corrected chi connectivity index (χ4v) is 1.52. The van der Waals surface area contributed by atoms with E-state index in [2.05, 4.69) is 20.8 Å². The second-order valence-corrected chi connectivity index (χ2v) is 4.12. The second-order valence-electron chi connectivity index (χ2n) is 4.12. The number of aliphatic imine (C=N–C) groups is 1. The maximum absolute atomic E-state index is 11.5. The molecule has 21 heavy (non-hydrogen) atoms. The fourth-order valence-electron chi connectivity index (χ4n) is 1.52. The molecule has 0 saturated heterocycles. The van der Waals surface area contributed by atoms with Crippen LogP contribution < -0.4 is 10.9 Å². The van der Waals surface area contributed by atoms with Crippen molar-refractivity contribution in [3.63, 3.8) is 0 Å². The summed E-state index contributed by atoms with van der Waals surface area (Å²) in [6.07, 6.45) is 4.55. The summed E-state index contributed by atoms with van der Waals surface area (Å²) in [5.41, 5.74) is 7.48. The van der Waals surface area contributed by atoms with Gasteiger partial charge in [-0.3, -0.25) is 20.2 Å². The molecule has 0 atom stereocenters. The molecule has 0 radical (unpaired) electrons. The second kappa shape index (κ2) is 7.53. The Morgan fingerprint density at radius 3 is 2.62 bits per heavy atom. The van der Waals surface area contributed by atoms with Crippen LogP contribution in [0.25, 0.3) is 0 Å². The van der Waals surface area contributed by atoms with Crippen molar-refractivity contribution >= 4 is 17.8 Å². The van der Waals surface area contributed by atoms with Crippen molar-refractivity contribution in [1.29, 1.82) is 5.26 Å². The van der Waals surface area contributed by atoms with Crippen molar-refractivity contribution < 1.29 is 4.79 Å². The van der Waals surface area contributed by atoms with Gasteiger partial charge in [0.25, 0.3) is 5.91 Å². The molecule has 6 heteroatoms. The van der Waals surface area contributed by atoms with E-state index in [1.165, 1.54) is 6.21 Å². The number of nitrogens with zero attached hydrogens (tertiary/aromatic N) is 3. The van der Waals surface area contributed by atoms with Gasteiger partial charge in [0.15, 0.2) is 0 Å². The highest BCUT2D eigenvalue weighted by atomic mass is 16.2. The van der Waals surface area contributed by atoms with E-state index >= 15 is 0 Å². The number of nitrogens with one attached hydrogen (secondary N) is 2. The van der Waals surface area contributed by atoms with Gasteiger partial charge in [-0.15, -0.1) is 0 Å². The molecule has 2 rings (SSSR count). The Kier molecular flexibility index (Phi) is 5.15. The lowest BCUT2D eigenvalue weighted by Crippen LogP contribution is -2.37. The monoisotopic (exact) mass is 279 g/mol. The summed E-state index contributed by atoms with van der Waals surface area (Å²) in [6, 6.07) is 12.4. The van der Waals surface area contributed by atoms with E-state index in [1.807, 2.05) is 18.2 Å². The molecule has 1 amide bonds. The van der Waals surface area contributed by atoms with Crippen molar-refractivity contribution in [2.24, 2.45) is 4.99 Å². The van der Waals surface area contributed by atoms with Gasteiger partial charge in [0.2, 0.25) is 0 Å². The number of carbonyl (C=O) groups is 1. The van der Waals surface area contributed by atoms with E-state index in [9.17, 15) is 4.79 Å². The minimum Gasteiger partial charge on any atom is -0.286 e. The van der Waals surface area contributed by atoms with Crippen LogP contribution in [0, 0.1) is 11.3 Å². The number of aromatic nitrogens is 1. The van der Waals surface area contributed by atoms with Gasteiger partial charge in [-0.05, 0) is 42.0 Å². The van der Waals surface area contributed by atoms with E-state index in [1.54, 1.807) is 36.7 Å². The molecule has 6 nitrogen and oxygen atoms in total. The van der Waals surface area contributed by atoms with Gasteiger partial charge in [0.1, 0.15) is 0 Å². The van der Waals surface area contributed by atoms with Crippen molar-refractivity contribution in [2.75, 3.05) is 0 Å². The van der Waals surface area contributed by atoms with Gasteiger partial charge in [0, 0.05) is 18.9 Å². The zero-order valence-corrected chi connectivity index (χ0v) is 11.2. The number of carbonyl (C=O) groups excluding carboxylic acids is 1. The van der Waals surface area contributed by atoms with Crippen LogP contribution in [-0.4, -0.2) is 17.1 Å². The standard InChI is InChI=1S/C15H13N5O/c16-9-12-1-3-14(4-2-12)18-11-15(21)20-19-10-13-5-7-17-8-6-13/h1-8,11,19H,10H2,(H,20,21). The number of amides is 1. The molecule has 2 aromatic rings. The smallest absolute Gasteiger partial charge is 0.276 e. The van der Waals surface area contributed by atoms with Crippen LogP contribution >= 0.6 is 0 Å². The Labute approximate surface area is 122 Å². The molecule has 1 heterocycles. The summed E-state index contributed by atoms with van der Waals surface area (Å²) in [4.78, 5) is 19.5. The molecule has 0 fully saturated rings. The molecule has 0 spiro atoms. The molecule has 0 saturated carbocycles. The number of rotatable bonds is 5. The summed E-state index contributed by atoms with van der Waals surface area (Å²) >= 11 is 0. The quantitative estimate of drug-likeness (QED) is 0.640. The van der Waals surface area contributed by atoms with Crippen LogP contribution in [0.1, 0.15) is 11.1 Å². The topological polar surface area (TPSA) is 90.2 Å². The fraction of sp³-hybridized carbons (Fsp3) is 0.0667. The molecule has 0 aliphatic rings. The molecule has 0 unspecified atom stereocenters. The number of pyridine rings is 1. The Balaban J connectivity index is 1.78. The van der Waals surface area contributed by atoms with Gasteiger partial charge in [-0.1, -0.05) is 0 Å². The highest BCUT2D eigenvalue weighted by Gasteiger charge is 1.96. The minimum absolute atomic E-state index is 0.353. The third-order valence-electron chi connectivity index (χ3n) is 2.58. The molecule has 1 aromatic carbocycles. The molecular weight excluding hydrogens is 266 g/mol. The van der Waals surface area contributed by atoms with Crippen molar-refractivity contribution in [3.8, 4) is 6.07 Å². The highest BCUT2D eigenvalue weighted by molar-refractivity contribution is 6.26. The maximum Gasteiger partial charge on any atom is 0.276 e. The first-order chi connectivity index (χ1) is 10.3. The highest BCUT2D eigenvalue weighted by Crippen LogP contribution is 2.11. The Morgan fingerprint density at radius 2 is 1.95 bits per heavy atom. The average Bonchev–Trinajstić information content (AvgIpc) is 2.54. The van der Waals surface area contributed by atoms with Gasteiger partial charge >= 0.3 is 0 Å². The first-order valence-electron chi connectivity index (χ1n) is 6.24. The lowest BCUT2D eigenvalue weighted by atomic mass is 10.2. The summed E-state index contributed by atoms with van der Waals surface area (Å²) in [5.74, 6) is -0.353. The number of hydrogen-bond acceptors (Lipinski definition) is 5. The van der Waals surface area contributed by atoms with Gasteiger partial charge in [0.05, 0.1) is 23.5 Å². The van der Waals surface area contributed by atoms with Gasteiger partial charge < -0.3 is 0 Å². The lowest BCUT2D eigenvalue weighted by Gasteiger charge is -2.04. The van der Waals surface area contributed by atoms with Crippen LogP contribution in [-0.2, 0) is 11.3 Å². The predicted molar refractivity (Wildman–Crippen MR) is 78.5 cm³/mol. The summed E-state index contributed by atoms with van der Waals surface area (Å²) in [6.45, 7) is 0.499. The van der Waals surface area contributed by atoms with Crippen molar-refractivity contribution in [2.45, 2.75) is 6.54 Å². The van der Waals surface area contributed by atoms with E-state index < -0.39 is 0 Å². The van der Waals surface area contributed by atoms with Crippen molar-refractivity contribution in [3.05, 3.63) is 59.9 Å². The molecular formula is C15H13N5O. The number of benzene rings is 1. The molecule has 2 N–H and O–H groups in total. The lowest BCUT2D eigenvalue weighted by molar-refractivity contribution is -0.115. The van der Waals surface area contributed by atoms with Crippen LogP contribution in [0.5, 0.6) is 0 Å². The Morgan fingerprint density at radius 1 is 1.24 bits per heavy atom. The first kappa shape index (κ1) is 14.4. The normalized spacial score (nSPS) is 10.2. The summed E-state index contributed by atoms with van der Waals surface area (Å²) in [5, 5.41) is 8.67. The number of hydrazine groups is 1. The van der Waals surface area contributed by atoms with E-state index in [-0.39, 0.29) is 5.91 Å². The zero-order valence-electron chi connectivity index (χ0n) is 11.2. The molecule has 0 aliphatic heterocycles. The summed E-state index contributed by atoms with van der Waals surface area (Å²) < 4.78 is 0. The van der Waals surface area contributed by atoms with Crippen LogP contribution in [0.4, 0.5) is 5.69 Å². The number of hydrogen-bond donors (Lipinski definition) is 2. The van der Waals surface area contributed by atoms with E-state index in [4.69, 9.17) is 5.26 Å². The van der Waals surface area contributed by atoms with Crippen LogP contribution in [0.3, 0.4) is 0 Å². The predicted octanol–water partition coefficient (Wildman–Crippen LogP) is 1.48. The van der Waals surface area contributed by atoms with Gasteiger partial charge in [-0.2, -0.15) is 5.26 Å². The van der Waals surface area contributed by atoms with E-state index in [0.717, 1.165) is 5.56 Å². The first-order valence-corrected chi connectivity index (χ1v) is 6.24. The Bertz CT molecular complexity index is 659. The maximum atomic E-state index is 11.5. The molecule has 0 bridgehead atoms. The summed E-state index contributed by atoms with van der Waals surface area (Å²) in [7, 11) is 0. The molecule has 1 aromatic heterocycles. The third kappa shape index (κ3) is 4.86.